The number of fused-ring (bicyclic) bond motifs is 1. The first-order chi connectivity index (χ1) is 8.87. The molecule has 2 aromatic rings. The largest absolute Gasteiger partial charge is 0.507 e. The van der Waals surface area contributed by atoms with Crippen molar-refractivity contribution in [3.05, 3.63) is 36.4 Å². The van der Waals surface area contributed by atoms with Gasteiger partial charge in [-0.2, -0.15) is 8.42 Å². The van der Waals surface area contributed by atoms with Gasteiger partial charge in [-0.25, -0.2) is 0 Å². The van der Waals surface area contributed by atoms with Crippen molar-refractivity contribution >= 4 is 32.5 Å². The number of rotatable bonds is 3. The van der Waals surface area contributed by atoms with E-state index >= 15 is 0 Å². The van der Waals surface area contributed by atoms with Gasteiger partial charge >= 0.3 is 0 Å². The molecule has 0 aliphatic rings. The van der Waals surface area contributed by atoms with Crippen molar-refractivity contribution in [3.8, 4) is 5.75 Å². The molecular formula is C12H11NO5S. The molecule has 0 fully saturated rings. The van der Waals surface area contributed by atoms with E-state index < -0.39 is 21.8 Å². The van der Waals surface area contributed by atoms with Crippen molar-refractivity contribution < 1.29 is 22.9 Å². The fourth-order valence-corrected chi connectivity index (χ4v) is 2.18. The minimum atomic E-state index is -4.38. The number of hydrogen-bond donors (Lipinski definition) is 3. The number of hydrogen-bond acceptors (Lipinski definition) is 4. The second kappa shape index (κ2) is 4.87. The second-order valence-corrected chi connectivity index (χ2v) is 5.41. The van der Waals surface area contributed by atoms with E-state index in [2.05, 4.69) is 5.32 Å². The van der Waals surface area contributed by atoms with Crippen LogP contribution in [0, 0.1) is 0 Å². The van der Waals surface area contributed by atoms with Gasteiger partial charge in [-0.15, -0.1) is 0 Å². The smallest absolute Gasteiger partial charge is 0.274 e. The topological polar surface area (TPSA) is 104 Å². The van der Waals surface area contributed by atoms with Crippen LogP contribution < -0.4 is 5.32 Å². The lowest BCUT2D eigenvalue weighted by Crippen LogP contribution is -2.22. The van der Waals surface area contributed by atoms with Crippen LogP contribution in [0.4, 0.5) is 5.69 Å². The lowest BCUT2D eigenvalue weighted by Gasteiger charge is -2.09. The van der Waals surface area contributed by atoms with Gasteiger partial charge in [0.2, 0.25) is 5.91 Å². The van der Waals surface area contributed by atoms with Crippen molar-refractivity contribution in [3.63, 3.8) is 0 Å². The van der Waals surface area contributed by atoms with Gasteiger partial charge in [0.25, 0.3) is 10.1 Å². The zero-order valence-electron chi connectivity index (χ0n) is 9.70. The number of carbonyl (C=O) groups is 1. The second-order valence-electron chi connectivity index (χ2n) is 3.96. The molecular weight excluding hydrogens is 270 g/mol. The molecule has 0 heterocycles. The van der Waals surface area contributed by atoms with E-state index in [0.717, 1.165) is 0 Å². The quantitative estimate of drug-likeness (QED) is 0.737. The van der Waals surface area contributed by atoms with Crippen molar-refractivity contribution in [2.75, 3.05) is 11.1 Å². The van der Waals surface area contributed by atoms with Crippen LogP contribution in [-0.4, -0.2) is 29.7 Å². The Morgan fingerprint density at radius 2 is 1.79 bits per heavy atom. The first kappa shape index (κ1) is 13.3. The van der Waals surface area contributed by atoms with Crippen LogP contribution in [0.2, 0.25) is 0 Å². The summed E-state index contributed by atoms with van der Waals surface area (Å²) in [6, 6.07) is 9.79. The van der Waals surface area contributed by atoms with Crippen molar-refractivity contribution in [2.45, 2.75) is 0 Å². The molecule has 7 heteroatoms. The van der Waals surface area contributed by atoms with E-state index in [9.17, 15) is 18.3 Å². The van der Waals surface area contributed by atoms with Crippen LogP contribution in [0.1, 0.15) is 0 Å². The van der Waals surface area contributed by atoms with Crippen LogP contribution in [0.3, 0.4) is 0 Å². The molecule has 0 unspecified atom stereocenters. The normalized spacial score (nSPS) is 11.4. The third kappa shape index (κ3) is 3.21. The lowest BCUT2D eigenvalue weighted by molar-refractivity contribution is -0.113. The molecule has 0 bridgehead atoms. The van der Waals surface area contributed by atoms with Gasteiger partial charge in [0, 0.05) is 5.39 Å². The van der Waals surface area contributed by atoms with E-state index in [1.807, 2.05) is 0 Å². The summed E-state index contributed by atoms with van der Waals surface area (Å²) in [4.78, 5) is 11.5. The number of phenols is 1. The van der Waals surface area contributed by atoms with Crippen LogP contribution in [0.15, 0.2) is 36.4 Å². The highest BCUT2D eigenvalue weighted by Gasteiger charge is 2.14. The zero-order chi connectivity index (χ0) is 14.0. The Morgan fingerprint density at radius 3 is 2.42 bits per heavy atom. The average Bonchev–Trinajstić information content (AvgIpc) is 2.26. The van der Waals surface area contributed by atoms with Crippen LogP contribution >= 0.6 is 0 Å². The van der Waals surface area contributed by atoms with Crippen molar-refractivity contribution in [1.82, 2.24) is 0 Å². The van der Waals surface area contributed by atoms with E-state index in [-0.39, 0.29) is 11.4 Å². The highest BCUT2D eigenvalue weighted by Crippen LogP contribution is 2.31. The number of amides is 1. The number of carbonyl (C=O) groups excluding carboxylic acids is 1. The van der Waals surface area contributed by atoms with Gasteiger partial charge in [0.15, 0.2) is 5.75 Å². The molecule has 0 aliphatic heterocycles. The van der Waals surface area contributed by atoms with Gasteiger partial charge in [0.1, 0.15) is 5.75 Å². The van der Waals surface area contributed by atoms with Crippen LogP contribution in [0.5, 0.6) is 5.75 Å². The SMILES string of the molecule is O=C(CS(=O)(=O)O)Nc1cccc2cccc(O)c12. The first-order valence-corrected chi connectivity index (χ1v) is 6.93. The van der Waals surface area contributed by atoms with E-state index in [4.69, 9.17) is 4.55 Å². The minimum absolute atomic E-state index is 0.0275. The fourth-order valence-electron chi connectivity index (χ4n) is 1.78. The Labute approximate surface area is 109 Å². The molecule has 0 spiro atoms. The summed E-state index contributed by atoms with van der Waals surface area (Å²) in [6.07, 6.45) is 0. The highest BCUT2D eigenvalue weighted by molar-refractivity contribution is 7.86. The Balaban J connectivity index is 2.39. The van der Waals surface area contributed by atoms with Gasteiger partial charge < -0.3 is 10.4 Å². The molecule has 6 nitrogen and oxygen atoms in total. The van der Waals surface area contributed by atoms with Crippen molar-refractivity contribution in [2.24, 2.45) is 0 Å². The van der Waals surface area contributed by atoms with Gasteiger partial charge in [-0.3, -0.25) is 9.35 Å². The standard InChI is InChI=1S/C12H11NO5S/c14-10-6-2-4-8-3-1-5-9(12(8)10)13-11(15)7-19(16,17)18/h1-6,14H,7H2,(H,13,15)(H,16,17,18). The lowest BCUT2D eigenvalue weighted by atomic mass is 10.1. The molecule has 0 saturated carbocycles. The number of aromatic hydroxyl groups is 1. The van der Waals surface area contributed by atoms with Gasteiger partial charge in [-0.05, 0) is 17.5 Å². The Morgan fingerprint density at radius 1 is 1.16 bits per heavy atom. The molecule has 0 saturated heterocycles. The maximum absolute atomic E-state index is 11.5. The molecule has 0 radical (unpaired) electrons. The van der Waals surface area contributed by atoms with Gasteiger partial charge in [-0.1, -0.05) is 24.3 Å². The molecule has 0 atom stereocenters. The Bertz CT molecular complexity index is 734. The molecule has 0 aliphatic carbocycles. The molecule has 0 aromatic heterocycles. The average molecular weight is 281 g/mol. The van der Waals surface area contributed by atoms with Gasteiger partial charge in [0.05, 0.1) is 5.69 Å². The molecule has 100 valence electrons. The summed E-state index contributed by atoms with van der Waals surface area (Å²) in [5, 5.41) is 13.2. The molecule has 2 aromatic carbocycles. The summed E-state index contributed by atoms with van der Waals surface area (Å²) >= 11 is 0. The highest BCUT2D eigenvalue weighted by atomic mass is 32.2. The predicted octanol–water partition coefficient (Wildman–Crippen LogP) is 1.37. The van der Waals surface area contributed by atoms with E-state index in [0.29, 0.717) is 10.8 Å². The minimum Gasteiger partial charge on any atom is -0.507 e. The Kier molecular flexibility index (Phi) is 3.41. The zero-order valence-corrected chi connectivity index (χ0v) is 10.5. The number of anilines is 1. The first-order valence-electron chi connectivity index (χ1n) is 5.32. The third-order valence-electron chi connectivity index (χ3n) is 2.47. The van der Waals surface area contributed by atoms with E-state index in [1.165, 1.54) is 12.1 Å². The predicted molar refractivity (Wildman–Crippen MR) is 70.7 cm³/mol. The van der Waals surface area contributed by atoms with Crippen LogP contribution in [-0.2, 0) is 14.9 Å². The maximum Gasteiger partial charge on any atom is 0.274 e. The molecule has 1 amide bonds. The molecule has 2 rings (SSSR count). The molecule has 3 N–H and O–H groups in total. The van der Waals surface area contributed by atoms with Crippen LogP contribution in [0.25, 0.3) is 10.8 Å². The maximum atomic E-state index is 11.5. The summed E-state index contributed by atoms with van der Waals surface area (Å²) in [5.41, 5.74) is 0.282. The summed E-state index contributed by atoms with van der Waals surface area (Å²) in [7, 11) is -4.38. The molecule has 19 heavy (non-hydrogen) atoms. The number of nitrogens with one attached hydrogen (secondary N) is 1. The van der Waals surface area contributed by atoms with Crippen molar-refractivity contribution in [1.29, 1.82) is 0 Å². The number of benzene rings is 2. The third-order valence-corrected chi connectivity index (χ3v) is 3.10. The number of phenolic OH excluding ortho intramolecular Hbond substituents is 1. The summed E-state index contributed by atoms with van der Waals surface area (Å²) in [6.45, 7) is 0. The summed E-state index contributed by atoms with van der Waals surface area (Å²) < 4.78 is 29.8. The summed E-state index contributed by atoms with van der Waals surface area (Å²) in [5.74, 6) is -1.93. The monoisotopic (exact) mass is 281 g/mol. The van der Waals surface area contributed by atoms with E-state index in [1.54, 1.807) is 24.3 Å². The fraction of sp³-hybridized carbons (Fsp3) is 0.0833. The Hall–Kier alpha value is -2.12.